The zero-order chi connectivity index (χ0) is 29.1. The van der Waals surface area contributed by atoms with Gasteiger partial charge >= 0.3 is 6.61 Å². The van der Waals surface area contributed by atoms with Gasteiger partial charge in [0.05, 0.1) is 17.0 Å². The SMILES string of the molecule is Cc1cc(-c2nn([C@H](c3cc4scc(C)n4c(=O)c3-c3ccccc3)C3CC3)c3ncnc(N)c23)ccc1OC(F)F. The topological polar surface area (TPSA) is 100 Å². The van der Waals surface area contributed by atoms with Crippen LogP contribution in [0.25, 0.3) is 38.2 Å². The van der Waals surface area contributed by atoms with Gasteiger partial charge in [0.15, 0.2) is 5.65 Å². The zero-order valence-electron chi connectivity index (χ0n) is 22.8. The standard InChI is InChI=1S/C31H26F2N6O2S/c1-16-12-20(10-11-22(16)41-31(32)33)26-25-28(34)35-15-36-29(25)39(37-26)27(19-8-9-19)21-13-23-38(17(2)14-42-23)30(40)24(21)18-6-4-3-5-7-18/h3-7,10-15,19,27,31H,8-9H2,1-2H3,(H2,34,35,36)/t27-/m0/s1. The summed E-state index contributed by atoms with van der Waals surface area (Å²) in [4.78, 5) is 23.8. The third-order valence-corrected chi connectivity index (χ3v) is 8.80. The van der Waals surface area contributed by atoms with Crippen LogP contribution in [0.15, 0.2) is 71.1 Å². The number of hydrogen-bond donors (Lipinski definition) is 1. The van der Waals surface area contributed by atoms with E-state index in [2.05, 4.69) is 20.8 Å². The summed E-state index contributed by atoms with van der Waals surface area (Å²) >= 11 is 1.53. The Morgan fingerprint density at radius 3 is 2.55 bits per heavy atom. The van der Waals surface area contributed by atoms with Crippen LogP contribution in [0, 0.1) is 19.8 Å². The number of rotatable bonds is 7. The predicted octanol–water partition coefficient (Wildman–Crippen LogP) is 6.63. The molecular formula is C31H26F2N6O2S. The van der Waals surface area contributed by atoms with Crippen LogP contribution in [0.2, 0.25) is 0 Å². The second-order valence-electron chi connectivity index (χ2n) is 10.6. The van der Waals surface area contributed by atoms with Crippen LogP contribution in [0.4, 0.5) is 14.6 Å². The molecule has 42 heavy (non-hydrogen) atoms. The number of alkyl halides is 2. The van der Waals surface area contributed by atoms with Crippen LogP contribution in [-0.2, 0) is 0 Å². The van der Waals surface area contributed by atoms with Crippen LogP contribution in [0.5, 0.6) is 5.75 Å². The van der Waals surface area contributed by atoms with Crippen molar-refractivity contribution in [3.63, 3.8) is 0 Å². The summed E-state index contributed by atoms with van der Waals surface area (Å²) in [6.07, 6.45) is 3.35. The Labute approximate surface area is 243 Å². The van der Waals surface area contributed by atoms with E-state index in [-0.39, 0.29) is 29.1 Å². The number of halogens is 2. The first-order valence-electron chi connectivity index (χ1n) is 13.6. The van der Waals surface area contributed by atoms with Crippen molar-refractivity contribution in [3.05, 3.63) is 93.5 Å². The highest BCUT2D eigenvalue weighted by Crippen LogP contribution is 2.48. The highest BCUT2D eigenvalue weighted by molar-refractivity contribution is 7.15. The lowest BCUT2D eigenvalue weighted by Crippen LogP contribution is -2.23. The molecule has 0 aliphatic heterocycles. The quantitative estimate of drug-likeness (QED) is 0.226. The molecular weight excluding hydrogens is 558 g/mol. The van der Waals surface area contributed by atoms with Gasteiger partial charge in [-0.15, -0.1) is 11.3 Å². The summed E-state index contributed by atoms with van der Waals surface area (Å²) in [5, 5.41) is 7.63. The fourth-order valence-corrected chi connectivity index (χ4v) is 6.69. The van der Waals surface area contributed by atoms with E-state index in [0.29, 0.717) is 33.4 Å². The Balaban J connectivity index is 1.49. The van der Waals surface area contributed by atoms with Crippen LogP contribution >= 0.6 is 11.3 Å². The van der Waals surface area contributed by atoms with Crippen molar-refractivity contribution < 1.29 is 13.5 Å². The number of thiazole rings is 1. The lowest BCUT2D eigenvalue weighted by molar-refractivity contribution is -0.0502. The maximum absolute atomic E-state index is 14.1. The van der Waals surface area contributed by atoms with Crippen molar-refractivity contribution in [2.75, 3.05) is 5.73 Å². The number of hydrogen-bond acceptors (Lipinski definition) is 7. The number of nitrogens with zero attached hydrogens (tertiary/aromatic N) is 5. The fourth-order valence-electron chi connectivity index (χ4n) is 5.77. The number of fused-ring (bicyclic) bond motifs is 2. The Bertz CT molecular complexity index is 2030. The molecule has 4 aromatic heterocycles. The molecule has 0 unspecified atom stereocenters. The number of ether oxygens (including phenoxy) is 1. The maximum atomic E-state index is 14.1. The molecule has 1 atom stereocenters. The summed E-state index contributed by atoms with van der Waals surface area (Å²) in [7, 11) is 0. The third-order valence-electron chi connectivity index (χ3n) is 7.80. The largest absolute Gasteiger partial charge is 0.435 e. The minimum atomic E-state index is -2.93. The van der Waals surface area contributed by atoms with Gasteiger partial charge in [0.1, 0.15) is 28.4 Å². The molecule has 1 saturated carbocycles. The van der Waals surface area contributed by atoms with Crippen LogP contribution in [0.3, 0.4) is 0 Å². The Kier molecular flexibility index (Phi) is 6.27. The van der Waals surface area contributed by atoms with Crippen molar-refractivity contribution in [2.24, 2.45) is 5.92 Å². The van der Waals surface area contributed by atoms with Crippen LogP contribution < -0.4 is 16.0 Å². The van der Waals surface area contributed by atoms with E-state index in [1.807, 2.05) is 47.3 Å². The van der Waals surface area contributed by atoms with Crippen LogP contribution in [0.1, 0.15) is 35.7 Å². The third kappa shape index (κ3) is 4.32. The van der Waals surface area contributed by atoms with Crippen molar-refractivity contribution in [3.8, 4) is 28.1 Å². The molecule has 0 saturated heterocycles. The molecule has 6 aromatic rings. The van der Waals surface area contributed by atoms with E-state index in [1.54, 1.807) is 23.5 Å². The molecule has 2 N–H and O–H groups in total. The van der Waals surface area contributed by atoms with E-state index in [1.165, 1.54) is 23.7 Å². The lowest BCUT2D eigenvalue weighted by atomic mass is 9.93. The molecule has 1 fully saturated rings. The summed E-state index contributed by atoms with van der Waals surface area (Å²) in [5.74, 6) is 0.574. The highest BCUT2D eigenvalue weighted by atomic mass is 32.1. The number of aryl methyl sites for hydroxylation is 2. The van der Waals surface area contributed by atoms with Gasteiger partial charge in [0.25, 0.3) is 5.56 Å². The van der Waals surface area contributed by atoms with Crippen molar-refractivity contribution in [2.45, 2.75) is 39.3 Å². The molecule has 1 aliphatic rings. The summed E-state index contributed by atoms with van der Waals surface area (Å²) < 4.78 is 34.1. The number of nitrogens with two attached hydrogens (primary N) is 1. The van der Waals surface area contributed by atoms with Crippen molar-refractivity contribution in [1.82, 2.24) is 24.1 Å². The van der Waals surface area contributed by atoms with Crippen molar-refractivity contribution >= 4 is 33.0 Å². The van der Waals surface area contributed by atoms with E-state index in [4.69, 9.17) is 10.8 Å². The first-order chi connectivity index (χ1) is 20.3. The predicted molar refractivity (Wildman–Crippen MR) is 159 cm³/mol. The van der Waals surface area contributed by atoms with E-state index in [0.717, 1.165) is 34.5 Å². The van der Waals surface area contributed by atoms with Gasteiger partial charge in [-0.1, -0.05) is 30.3 Å². The Morgan fingerprint density at radius 1 is 1.05 bits per heavy atom. The van der Waals surface area contributed by atoms with Crippen LogP contribution in [-0.4, -0.2) is 30.8 Å². The average molecular weight is 585 g/mol. The molecule has 4 heterocycles. The number of benzene rings is 2. The molecule has 1 aliphatic carbocycles. The number of anilines is 1. The first kappa shape index (κ1) is 26.3. The average Bonchev–Trinajstić information content (AvgIpc) is 3.62. The normalized spacial score (nSPS) is 14.2. The van der Waals surface area contributed by atoms with E-state index in [9.17, 15) is 13.6 Å². The van der Waals surface area contributed by atoms with Gasteiger partial charge < -0.3 is 10.5 Å². The fraction of sp³-hybridized carbons (Fsp3) is 0.226. The molecule has 0 radical (unpaired) electrons. The number of pyridine rings is 1. The lowest BCUT2D eigenvalue weighted by Gasteiger charge is -2.22. The molecule has 0 spiro atoms. The minimum absolute atomic E-state index is 0.0748. The molecule has 7 rings (SSSR count). The summed E-state index contributed by atoms with van der Waals surface area (Å²) in [5.41, 5.74) is 11.8. The highest BCUT2D eigenvalue weighted by Gasteiger charge is 2.39. The molecule has 2 aromatic carbocycles. The second-order valence-corrected chi connectivity index (χ2v) is 11.5. The van der Waals surface area contributed by atoms with Crippen molar-refractivity contribution in [1.29, 1.82) is 0 Å². The molecule has 11 heteroatoms. The molecule has 0 amide bonds. The minimum Gasteiger partial charge on any atom is -0.435 e. The van der Waals surface area contributed by atoms with E-state index < -0.39 is 6.61 Å². The maximum Gasteiger partial charge on any atom is 0.387 e. The van der Waals surface area contributed by atoms with E-state index >= 15 is 0 Å². The molecule has 8 nitrogen and oxygen atoms in total. The van der Waals surface area contributed by atoms with Gasteiger partial charge in [0.2, 0.25) is 0 Å². The van der Waals surface area contributed by atoms with Gasteiger partial charge in [-0.05, 0) is 73.6 Å². The zero-order valence-corrected chi connectivity index (χ0v) is 23.6. The number of nitrogen functional groups attached to an aromatic ring is 1. The van der Waals surface area contributed by atoms with Gasteiger partial charge in [-0.2, -0.15) is 13.9 Å². The van der Waals surface area contributed by atoms with Gasteiger partial charge in [0, 0.05) is 16.6 Å². The monoisotopic (exact) mass is 584 g/mol. The second kappa shape index (κ2) is 10.0. The summed E-state index contributed by atoms with van der Waals surface area (Å²) in [6, 6.07) is 16.4. The molecule has 212 valence electrons. The Morgan fingerprint density at radius 2 is 1.83 bits per heavy atom. The summed E-state index contributed by atoms with van der Waals surface area (Å²) in [6.45, 7) is 0.709. The number of aromatic nitrogens is 5. The van der Waals surface area contributed by atoms with Gasteiger partial charge in [-0.3, -0.25) is 9.20 Å². The molecule has 0 bridgehead atoms. The smallest absolute Gasteiger partial charge is 0.387 e. The Hall–Kier alpha value is -4.64. The first-order valence-corrected chi connectivity index (χ1v) is 14.4. The van der Waals surface area contributed by atoms with Gasteiger partial charge in [-0.25, -0.2) is 14.6 Å².